The molecule has 1 amide bonds. The fourth-order valence-electron chi connectivity index (χ4n) is 4.62. The molecule has 0 unspecified atom stereocenters. The molecule has 15 atom stereocenters. The third-order valence-corrected chi connectivity index (χ3v) is 6.71. The quantitative estimate of drug-likeness (QED) is 0.138. The van der Waals surface area contributed by atoms with Crippen molar-refractivity contribution in [3.05, 3.63) is 0 Å². The Balaban J connectivity index is 1.91. The van der Waals surface area contributed by atoms with Crippen LogP contribution >= 0.6 is 0 Å². The van der Waals surface area contributed by atoms with E-state index in [2.05, 4.69) is 5.32 Å². The highest BCUT2D eigenvalue weighted by atomic mass is 16.8. The first-order valence-corrected chi connectivity index (χ1v) is 11.8. The number of carbonyl (C=O) groups is 1. The zero-order valence-electron chi connectivity index (χ0n) is 20.5. The molecule has 0 saturated carbocycles. The van der Waals surface area contributed by atoms with Crippen LogP contribution in [0.1, 0.15) is 13.8 Å². The van der Waals surface area contributed by atoms with Gasteiger partial charge in [0.1, 0.15) is 67.1 Å². The predicted octanol–water partition coefficient (Wildman–Crippen LogP) is -5.75. The van der Waals surface area contributed by atoms with Crippen molar-refractivity contribution in [2.45, 2.75) is 106 Å². The zero-order chi connectivity index (χ0) is 27.6. The first-order valence-electron chi connectivity index (χ1n) is 11.8. The number of rotatable bonds is 8. The second-order valence-corrected chi connectivity index (χ2v) is 9.26. The van der Waals surface area contributed by atoms with Crippen molar-refractivity contribution >= 4 is 5.91 Å². The molecule has 3 aliphatic rings. The molecule has 3 fully saturated rings. The Morgan fingerprint density at radius 3 is 1.86 bits per heavy atom. The van der Waals surface area contributed by atoms with Gasteiger partial charge < -0.3 is 74.6 Å². The van der Waals surface area contributed by atoms with Crippen LogP contribution in [0.25, 0.3) is 0 Å². The van der Waals surface area contributed by atoms with Crippen molar-refractivity contribution in [2.75, 3.05) is 20.3 Å². The van der Waals surface area contributed by atoms with Gasteiger partial charge in [-0.05, 0) is 6.92 Å². The minimum Gasteiger partial charge on any atom is -0.394 e. The Hall–Kier alpha value is -1.09. The van der Waals surface area contributed by atoms with Crippen LogP contribution in [-0.2, 0) is 33.2 Å². The summed E-state index contributed by atoms with van der Waals surface area (Å²) in [5.41, 5.74) is 0. The van der Waals surface area contributed by atoms with Crippen LogP contribution in [0.3, 0.4) is 0 Å². The molecule has 3 heterocycles. The SMILES string of the molecule is CO[C@H]1[C@H](O[C@H]2[C@H](O[C@@H]3[C@@H](O)[C@@H](CO)O[C@@H](O)[C@@H]3NC(C)=O)O[C@H](CO)[C@H](O)[C@H]2O)O[C@H](C)[C@@H](O)[C@@H]1O. The molecule has 16 heteroatoms. The lowest BCUT2D eigenvalue weighted by Gasteiger charge is -2.49. The minimum atomic E-state index is -1.77. The fraction of sp³-hybridized carbons (Fsp3) is 0.952. The van der Waals surface area contributed by atoms with Crippen molar-refractivity contribution in [3.63, 3.8) is 0 Å². The Morgan fingerprint density at radius 1 is 0.757 bits per heavy atom. The molecule has 0 spiro atoms. The van der Waals surface area contributed by atoms with Crippen molar-refractivity contribution in [1.82, 2.24) is 5.32 Å². The summed E-state index contributed by atoms with van der Waals surface area (Å²) in [7, 11) is 1.22. The van der Waals surface area contributed by atoms with Crippen LogP contribution in [-0.4, -0.2) is 159 Å². The minimum absolute atomic E-state index is 0.614. The van der Waals surface area contributed by atoms with Gasteiger partial charge in [0.25, 0.3) is 0 Å². The van der Waals surface area contributed by atoms with Crippen LogP contribution in [0, 0.1) is 0 Å². The van der Waals surface area contributed by atoms with Gasteiger partial charge in [0.2, 0.25) is 5.91 Å². The van der Waals surface area contributed by atoms with E-state index in [1.54, 1.807) is 0 Å². The van der Waals surface area contributed by atoms with E-state index in [4.69, 9.17) is 28.4 Å². The van der Waals surface area contributed by atoms with Crippen molar-refractivity contribution in [2.24, 2.45) is 0 Å². The molecule has 3 aliphatic heterocycles. The van der Waals surface area contributed by atoms with Crippen molar-refractivity contribution in [1.29, 1.82) is 0 Å². The number of ether oxygens (including phenoxy) is 6. The molecule has 3 saturated heterocycles. The Bertz CT molecular complexity index is 747. The van der Waals surface area contributed by atoms with Gasteiger partial charge in [-0.2, -0.15) is 0 Å². The maximum Gasteiger partial charge on any atom is 0.217 e. The lowest BCUT2D eigenvalue weighted by molar-refractivity contribution is -0.381. The Morgan fingerprint density at radius 2 is 1.30 bits per heavy atom. The molecule has 37 heavy (non-hydrogen) atoms. The largest absolute Gasteiger partial charge is 0.394 e. The first-order chi connectivity index (χ1) is 17.4. The second kappa shape index (κ2) is 12.8. The predicted molar refractivity (Wildman–Crippen MR) is 116 cm³/mol. The second-order valence-electron chi connectivity index (χ2n) is 9.26. The summed E-state index contributed by atoms with van der Waals surface area (Å²) in [5, 5.41) is 84.5. The van der Waals surface area contributed by atoms with Crippen molar-refractivity contribution < 1.29 is 74.1 Å². The number of aliphatic hydroxyl groups excluding tert-OH is 8. The Kier molecular flexibility index (Phi) is 10.6. The van der Waals surface area contributed by atoms with Gasteiger partial charge in [0.15, 0.2) is 18.9 Å². The molecule has 0 aromatic carbocycles. The summed E-state index contributed by atoms with van der Waals surface area (Å²) in [6.45, 7) is 1.13. The van der Waals surface area contributed by atoms with Crippen LogP contribution in [0.2, 0.25) is 0 Å². The van der Waals surface area contributed by atoms with E-state index < -0.39 is 111 Å². The van der Waals surface area contributed by atoms with Gasteiger partial charge in [-0.25, -0.2) is 0 Å². The molecule has 0 radical (unpaired) electrons. The summed E-state index contributed by atoms with van der Waals surface area (Å²) >= 11 is 0. The molecule has 216 valence electrons. The van der Waals surface area contributed by atoms with Crippen LogP contribution in [0.5, 0.6) is 0 Å². The Labute approximate surface area is 212 Å². The monoisotopic (exact) mass is 543 g/mol. The molecular formula is C21H37NO15. The van der Waals surface area contributed by atoms with Gasteiger partial charge in [0.05, 0.1) is 19.3 Å². The van der Waals surface area contributed by atoms with Gasteiger partial charge >= 0.3 is 0 Å². The van der Waals surface area contributed by atoms with E-state index in [0.717, 1.165) is 6.92 Å². The van der Waals surface area contributed by atoms with Gasteiger partial charge in [-0.15, -0.1) is 0 Å². The number of aliphatic hydroxyl groups is 8. The lowest BCUT2D eigenvalue weighted by atomic mass is 9.95. The number of hydrogen-bond donors (Lipinski definition) is 9. The molecule has 9 N–H and O–H groups in total. The topological polar surface area (TPSA) is 246 Å². The third-order valence-electron chi connectivity index (χ3n) is 6.71. The first kappa shape index (κ1) is 30.5. The summed E-state index contributed by atoms with van der Waals surface area (Å²) in [6, 6.07) is -1.37. The van der Waals surface area contributed by atoms with Gasteiger partial charge in [-0.1, -0.05) is 0 Å². The molecule has 0 aliphatic carbocycles. The van der Waals surface area contributed by atoms with Gasteiger partial charge in [-0.3, -0.25) is 4.79 Å². The molecule has 0 aromatic heterocycles. The lowest BCUT2D eigenvalue weighted by Crippen LogP contribution is -2.68. The van der Waals surface area contributed by atoms with Crippen molar-refractivity contribution in [3.8, 4) is 0 Å². The number of methoxy groups -OCH3 is 1. The highest BCUT2D eigenvalue weighted by molar-refractivity contribution is 5.73. The maximum absolute atomic E-state index is 11.7. The standard InChI is InChI=1S/C21H37NO15/c1-6-11(26)14(29)17(32-3)20(33-6)37-18-15(30)12(27)8(4-23)35-21(18)36-16-10(22-7(2)25)19(31)34-9(5-24)13(16)28/h6,8-21,23-24,26-31H,4-5H2,1-3H3,(H,22,25)/t6-,8-,9-,10-,11-,12+,13+,14+,15-,16+,17-,18-,19-,20+,21+/m1/s1. The maximum atomic E-state index is 11.7. The number of amides is 1. The molecule has 16 nitrogen and oxygen atoms in total. The van der Waals surface area contributed by atoms with E-state index in [9.17, 15) is 45.6 Å². The highest BCUT2D eigenvalue weighted by Crippen LogP contribution is 2.33. The third kappa shape index (κ3) is 6.39. The molecular weight excluding hydrogens is 506 g/mol. The average molecular weight is 544 g/mol. The average Bonchev–Trinajstić information content (AvgIpc) is 2.85. The number of nitrogens with one attached hydrogen (secondary N) is 1. The zero-order valence-corrected chi connectivity index (χ0v) is 20.5. The van der Waals surface area contributed by atoms with E-state index in [-0.39, 0.29) is 0 Å². The van der Waals surface area contributed by atoms with Crippen LogP contribution in [0.4, 0.5) is 0 Å². The summed E-state index contributed by atoms with van der Waals surface area (Å²) in [4.78, 5) is 11.7. The molecule has 0 bridgehead atoms. The van der Waals surface area contributed by atoms with Crippen LogP contribution in [0.15, 0.2) is 0 Å². The van der Waals surface area contributed by atoms with E-state index in [1.165, 1.54) is 14.0 Å². The van der Waals surface area contributed by atoms with E-state index in [1.807, 2.05) is 0 Å². The highest BCUT2D eigenvalue weighted by Gasteiger charge is 2.54. The summed E-state index contributed by atoms with van der Waals surface area (Å²) in [6.07, 6.45) is -20.6. The number of hydrogen-bond acceptors (Lipinski definition) is 15. The van der Waals surface area contributed by atoms with Gasteiger partial charge in [0, 0.05) is 14.0 Å². The molecule has 3 rings (SSSR count). The normalized spacial score (nSPS) is 49.0. The van der Waals surface area contributed by atoms with E-state index >= 15 is 0 Å². The smallest absolute Gasteiger partial charge is 0.217 e. The summed E-state index contributed by atoms with van der Waals surface area (Å²) < 4.78 is 33.2. The summed E-state index contributed by atoms with van der Waals surface area (Å²) in [5.74, 6) is -0.614. The van der Waals surface area contributed by atoms with E-state index in [0.29, 0.717) is 0 Å². The fourth-order valence-corrected chi connectivity index (χ4v) is 4.62. The molecule has 0 aromatic rings. The van der Waals surface area contributed by atoms with Crippen LogP contribution < -0.4 is 5.32 Å². The number of carbonyl (C=O) groups excluding carboxylic acids is 1.